The second kappa shape index (κ2) is 8.37. The number of amides is 1. The summed E-state index contributed by atoms with van der Waals surface area (Å²) >= 11 is 0. The van der Waals surface area contributed by atoms with Gasteiger partial charge in [-0.25, -0.2) is 13.8 Å². The maximum Gasteiger partial charge on any atom is 0.329 e. The number of benzene rings is 2. The predicted octanol–water partition coefficient (Wildman–Crippen LogP) is 2.37. The van der Waals surface area contributed by atoms with Crippen LogP contribution in [-0.4, -0.2) is 46.5 Å². The van der Waals surface area contributed by atoms with E-state index in [0.717, 1.165) is 10.3 Å². The summed E-state index contributed by atoms with van der Waals surface area (Å²) in [5.41, 5.74) is 0.310. The Balaban J connectivity index is 1.59. The van der Waals surface area contributed by atoms with E-state index in [2.05, 4.69) is 9.88 Å². The van der Waals surface area contributed by atoms with Crippen molar-refractivity contribution in [1.29, 1.82) is 0 Å². The number of aromatic nitrogens is 2. The lowest BCUT2D eigenvalue weighted by Crippen LogP contribution is -2.53. The summed E-state index contributed by atoms with van der Waals surface area (Å²) in [6.45, 7) is 5.76. The van der Waals surface area contributed by atoms with Gasteiger partial charge in [-0.05, 0) is 42.3 Å². The number of anilines is 1. The molecule has 0 aliphatic carbocycles. The van der Waals surface area contributed by atoms with Gasteiger partial charge in [-0.15, -0.1) is 0 Å². The highest BCUT2D eigenvalue weighted by molar-refractivity contribution is 5.82. The summed E-state index contributed by atoms with van der Waals surface area (Å²) < 4.78 is 14.2. The third-order valence-electron chi connectivity index (χ3n) is 5.78. The van der Waals surface area contributed by atoms with E-state index in [0.29, 0.717) is 37.1 Å². The standard InChI is InChI=1S/C23H25FN4O3/c1-15(2)20(28-21(29)18-5-3-4-6-19(18)25-23(28)31)22(30)27-13-11-26(12-14-27)17-9-7-16(24)8-10-17/h3-10,15,20H,11-14H2,1-2H3,(H,25,31). The Hall–Kier alpha value is -3.42. The molecule has 8 heteroatoms. The molecule has 1 unspecified atom stereocenters. The largest absolute Gasteiger partial charge is 0.368 e. The van der Waals surface area contributed by atoms with E-state index in [1.807, 2.05) is 13.8 Å². The number of hydrogen-bond acceptors (Lipinski definition) is 4. The number of H-pyrrole nitrogens is 1. The number of nitrogens with zero attached hydrogens (tertiary/aromatic N) is 3. The zero-order chi connectivity index (χ0) is 22.1. The molecular formula is C23H25FN4O3. The van der Waals surface area contributed by atoms with Crippen LogP contribution in [0.4, 0.5) is 10.1 Å². The van der Waals surface area contributed by atoms with Crippen LogP contribution < -0.4 is 16.1 Å². The summed E-state index contributed by atoms with van der Waals surface area (Å²) in [5.74, 6) is -0.775. The number of piperazine rings is 1. The van der Waals surface area contributed by atoms with Crippen LogP contribution in [-0.2, 0) is 4.79 Å². The van der Waals surface area contributed by atoms with Crippen LogP contribution in [0.15, 0.2) is 58.1 Å². The summed E-state index contributed by atoms with van der Waals surface area (Å²) in [6.07, 6.45) is 0. The zero-order valence-corrected chi connectivity index (χ0v) is 17.5. The van der Waals surface area contributed by atoms with E-state index in [1.54, 1.807) is 41.3 Å². The number of hydrogen-bond donors (Lipinski definition) is 1. The van der Waals surface area contributed by atoms with Crippen LogP contribution in [0.3, 0.4) is 0 Å². The van der Waals surface area contributed by atoms with Crippen molar-refractivity contribution in [3.63, 3.8) is 0 Å². The molecule has 1 N–H and O–H groups in total. The number of carbonyl (C=O) groups excluding carboxylic acids is 1. The number of halogens is 1. The van der Waals surface area contributed by atoms with Crippen molar-refractivity contribution in [1.82, 2.24) is 14.5 Å². The molecule has 1 aliphatic rings. The first-order valence-corrected chi connectivity index (χ1v) is 10.4. The van der Waals surface area contributed by atoms with Gasteiger partial charge < -0.3 is 14.8 Å². The van der Waals surface area contributed by atoms with Crippen LogP contribution >= 0.6 is 0 Å². The summed E-state index contributed by atoms with van der Waals surface area (Å²) in [7, 11) is 0. The number of fused-ring (bicyclic) bond motifs is 1. The molecule has 4 rings (SSSR count). The smallest absolute Gasteiger partial charge is 0.329 e. The molecule has 2 heterocycles. The topological polar surface area (TPSA) is 78.4 Å². The predicted molar refractivity (Wildman–Crippen MR) is 118 cm³/mol. The fraction of sp³-hybridized carbons (Fsp3) is 0.348. The van der Waals surface area contributed by atoms with Gasteiger partial charge >= 0.3 is 5.69 Å². The van der Waals surface area contributed by atoms with Gasteiger partial charge in [0, 0.05) is 31.9 Å². The van der Waals surface area contributed by atoms with E-state index >= 15 is 0 Å². The molecule has 1 aromatic heterocycles. The van der Waals surface area contributed by atoms with E-state index in [-0.39, 0.29) is 17.6 Å². The molecule has 3 aromatic rings. The highest BCUT2D eigenvalue weighted by Crippen LogP contribution is 2.22. The van der Waals surface area contributed by atoms with Gasteiger partial charge in [-0.2, -0.15) is 0 Å². The lowest BCUT2D eigenvalue weighted by atomic mass is 10.0. The van der Waals surface area contributed by atoms with Crippen molar-refractivity contribution in [3.05, 3.63) is 75.2 Å². The Bertz CT molecular complexity index is 1210. The molecule has 1 aliphatic heterocycles. The molecule has 0 bridgehead atoms. The van der Waals surface area contributed by atoms with Gasteiger partial charge in [0.05, 0.1) is 10.9 Å². The number of rotatable bonds is 4. The van der Waals surface area contributed by atoms with Crippen LogP contribution in [0.25, 0.3) is 10.9 Å². The maximum absolute atomic E-state index is 13.4. The van der Waals surface area contributed by atoms with Gasteiger partial charge in [0.2, 0.25) is 5.91 Å². The van der Waals surface area contributed by atoms with Crippen molar-refractivity contribution in [2.45, 2.75) is 19.9 Å². The molecule has 0 radical (unpaired) electrons. The van der Waals surface area contributed by atoms with Gasteiger partial charge in [0.25, 0.3) is 5.56 Å². The average molecular weight is 424 g/mol. The minimum atomic E-state index is -0.891. The Morgan fingerprint density at radius 3 is 2.26 bits per heavy atom. The average Bonchev–Trinajstić information content (AvgIpc) is 2.76. The van der Waals surface area contributed by atoms with Crippen molar-refractivity contribution in [3.8, 4) is 0 Å². The summed E-state index contributed by atoms with van der Waals surface area (Å²) in [5, 5.41) is 0.377. The monoisotopic (exact) mass is 424 g/mol. The Morgan fingerprint density at radius 2 is 1.61 bits per heavy atom. The van der Waals surface area contributed by atoms with E-state index < -0.39 is 17.3 Å². The lowest BCUT2D eigenvalue weighted by molar-refractivity contribution is -0.136. The SMILES string of the molecule is CC(C)C(C(=O)N1CCN(c2ccc(F)cc2)CC1)n1c(=O)[nH]c2ccccc2c1=O. The summed E-state index contributed by atoms with van der Waals surface area (Å²) in [6, 6.07) is 12.2. The fourth-order valence-electron chi connectivity index (χ4n) is 4.15. The van der Waals surface area contributed by atoms with Gasteiger partial charge in [0.1, 0.15) is 11.9 Å². The van der Waals surface area contributed by atoms with Gasteiger partial charge in [-0.1, -0.05) is 26.0 Å². The van der Waals surface area contributed by atoms with Crippen LogP contribution in [0.2, 0.25) is 0 Å². The zero-order valence-electron chi connectivity index (χ0n) is 17.5. The normalized spacial score (nSPS) is 15.5. The molecule has 0 spiro atoms. The third-order valence-corrected chi connectivity index (χ3v) is 5.78. The number of nitrogens with one attached hydrogen (secondary N) is 1. The molecule has 1 amide bonds. The quantitative estimate of drug-likeness (QED) is 0.698. The molecular weight excluding hydrogens is 399 g/mol. The van der Waals surface area contributed by atoms with Crippen LogP contribution in [0, 0.1) is 11.7 Å². The second-order valence-corrected chi connectivity index (χ2v) is 8.13. The summed E-state index contributed by atoms with van der Waals surface area (Å²) in [4.78, 5) is 45.8. The molecule has 2 aromatic carbocycles. The van der Waals surface area contributed by atoms with E-state index in [1.165, 1.54) is 12.1 Å². The van der Waals surface area contributed by atoms with E-state index in [9.17, 15) is 18.8 Å². The number of aromatic amines is 1. The fourth-order valence-corrected chi connectivity index (χ4v) is 4.15. The van der Waals surface area contributed by atoms with Gasteiger partial charge in [-0.3, -0.25) is 9.59 Å². The first-order valence-electron chi connectivity index (χ1n) is 10.4. The third kappa shape index (κ3) is 3.97. The van der Waals surface area contributed by atoms with Crippen molar-refractivity contribution >= 4 is 22.5 Å². The number of para-hydroxylation sites is 1. The highest BCUT2D eigenvalue weighted by atomic mass is 19.1. The lowest BCUT2D eigenvalue weighted by Gasteiger charge is -2.38. The molecule has 31 heavy (non-hydrogen) atoms. The Labute approximate surface area is 178 Å². The van der Waals surface area contributed by atoms with Crippen molar-refractivity contribution < 1.29 is 9.18 Å². The van der Waals surface area contributed by atoms with Crippen molar-refractivity contribution in [2.24, 2.45) is 5.92 Å². The minimum Gasteiger partial charge on any atom is -0.368 e. The maximum atomic E-state index is 13.4. The molecule has 162 valence electrons. The van der Waals surface area contributed by atoms with Crippen LogP contribution in [0.5, 0.6) is 0 Å². The van der Waals surface area contributed by atoms with E-state index in [4.69, 9.17) is 0 Å². The second-order valence-electron chi connectivity index (χ2n) is 8.13. The minimum absolute atomic E-state index is 0.239. The molecule has 1 saturated heterocycles. The molecule has 1 atom stereocenters. The van der Waals surface area contributed by atoms with Crippen LogP contribution in [0.1, 0.15) is 19.9 Å². The van der Waals surface area contributed by atoms with Crippen molar-refractivity contribution in [2.75, 3.05) is 31.1 Å². The molecule has 1 fully saturated rings. The first kappa shape index (κ1) is 20.8. The first-order chi connectivity index (χ1) is 14.9. The van der Waals surface area contributed by atoms with Gasteiger partial charge in [0.15, 0.2) is 0 Å². The number of carbonyl (C=O) groups is 1. The Morgan fingerprint density at radius 1 is 0.968 bits per heavy atom. The molecule has 0 saturated carbocycles. The molecule has 7 nitrogen and oxygen atoms in total. The Kier molecular flexibility index (Phi) is 5.63. The highest BCUT2D eigenvalue weighted by Gasteiger charge is 2.33.